The Kier molecular flexibility index (Phi) is 6.50. The number of alkyl halides is 2. The van der Waals surface area contributed by atoms with E-state index in [9.17, 15) is 13.6 Å². The van der Waals surface area contributed by atoms with Crippen molar-refractivity contribution in [3.05, 3.63) is 51.2 Å². The van der Waals surface area contributed by atoms with E-state index in [0.29, 0.717) is 18.1 Å². The highest BCUT2D eigenvalue weighted by Gasteiger charge is 2.46. The molecule has 0 aliphatic carbocycles. The van der Waals surface area contributed by atoms with Crippen LogP contribution < -0.4 is 9.47 Å². The summed E-state index contributed by atoms with van der Waals surface area (Å²) in [6, 6.07) is 4.40. The molecule has 0 radical (unpaired) electrons. The number of aromatic nitrogens is 1. The van der Waals surface area contributed by atoms with Gasteiger partial charge in [0, 0.05) is 16.8 Å². The molecule has 2 heterocycles. The fourth-order valence-electron chi connectivity index (χ4n) is 3.56. The second-order valence-corrected chi connectivity index (χ2v) is 7.81. The number of methoxy groups -OCH3 is 1. The van der Waals surface area contributed by atoms with Crippen molar-refractivity contribution in [2.75, 3.05) is 20.3 Å². The Hall–Kier alpha value is -2.41. The average Bonchev–Trinajstić information content (AvgIpc) is 2.68. The lowest BCUT2D eigenvalue weighted by molar-refractivity contribution is -0.0429. The molecule has 1 amide bonds. The molecule has 5 nitrogen and oxygen atoms in total. The molecule has 1 aromatic heterocycles. The maximum atomic E-state index is 14.9. The summed E-state index contributed by atoms with van der Waals surface area (Å²) in [7, 11) is 1.37. The van der Waals surface area contributed by atoms with Crippen molar-refractivity contribution in [3.8, 4) is 11.6 Å². The summed E-state index contributed by atoms with van der Waals surface area (Å²) in [6.45, 7) is 5.41. The number of aryl methyl sites for hydroxylation is 2. The summed E-state index contributed by atoms with van der Waals surface area (Å²) < 4.78 is 40.7. The first-order chi connectivity index (χ1) is 14.2. The van der Waals surface area contributed by atoms with E-state index in [1.165, 1.54) is 19.2 Å². The fraction of sp³-hybridized carbons (Fsp3) is 0.455. The molecule has 0 saturated heterocycles. The molecule has 30 heavy (non-hydrogen) atoms. The topological polar surface area (TPSA) is 51.7 Å². The van der Waals surface area contributed by atoms with E-state index in [4.69, 9.17) is 21.1 Å². The third-order valence-corrected chi connectivity index (χ3v) is 5.51. The van der Waals surface area contributed by atoms with Crippen LogP contribution in [0.1, 0.15) is 52.5 Å². The van der Waals surface area contributed by atoms with Gasteiger partial charge in [0.15, 0.2) is 0 Å². The zero-order valence-corrected chi connectivity index (χ0v) is 18.3. The minimum Gasteiger partial charge on any atom is -0.495 e. The van der Waals surface area contributed by atoms with E-state index >= 15 is 0 Å². The lowest BCUT2D eigenvalue weighted by atomic mass is 9.94. The van der Waals surface area contributed by atoms with Gasteiger partial charge in [-0.25, -0.2) is 4.98 Å². The molecule has 0 atom stereocenters. The van der Waals surface area contributed by atoms with E-state index in [-0.39, 0.29) is 28.4 Å². The molecule has 3 rings (SSSR count). The number of unbranched alkanes of at least 4 members (excludes halogenated alkanes) is 1. The summed E-state index contributed by atoms with van der Waals surface area (Å²) in [5.74, 6) is -3.26. The predicted molar refractivity (Wildman–Crippen MR) is 111 cm³/mol. The first kappa shape index (κ1) is 22.3. The van der Waals surface area contributed by atoms with Crippen molar-refractivity contribution in [2.24, 2.45) is 0 Å². The molecule has 0 saturated carbocycles. The van der Waals surface area contributed by atoms with Gasteiger partial charge >= 0.3 is 0 Å². The number of hydrogen-bond acceptors (Lipinski definition) is 4. The van der Waals surface area contributed by atoms with Gasteiger partial charge in [0.2, 0.25) is 5.88 Å². The summed E-state index contributed by atoms with van der Waals surface area (Å²) in [6.07, 6.45) is 1.80. The van der Waals surface area contributed by atoms with Crippen molar-refractivity contribution < 1.29 is 23.0 Å². The Labute approximate surface area is 179 Å². The molecular weight excluding hydrogens is 414 g/mol. The normalized spacial score (nSPS) is 15.2. The van der Waals surface area contributed by atoms with Crippen molar-refractivity contribution in [3.63, 3.8) is 0 Å². The Bertz CT molecular complexity index is 966. The summed E-state index contributed by atoms with van der Waals surface area (Å²) >= 11 is 6.24. The van der Waals surface area contributed by atoms with Gasteiger partial charge in [0.1, 0.15) is 5.75 Å². The minimum absolute atomic E-state index is 0.0536. The Morgan fingerprint density at radius 3 is 2.70 bits per heavy atom. The number of ether oxygens (including phenoxy) is 2. The minimum atomic E-state index is -3.24. The van der Waals surface area contributed by atoms with Crippen LogP contribution in [0, 0.1) is 13.8 Å². The SMILES string of the molecule is CCCCOc1nc(C)cc(C)c1CN1CC(F)(F)c2ccc(OC)c(Cl)c2C1=O. The molecule has 0 N–H and O–H groups in total. The molecular formula is C22H25ClF2N2O3. The largest absolute Gasteiger partial charge is 0.495 e. The van der Waals surface area contributed by atoms with Crippen LogP contribution in [0.25, 0.3) is 0 Å². The van der Waals surface area contributed by atoms with Crippen LogP contribution in [0.15, 0.2) is 18.2 Å². The van der Waals surface area contributed by atoms with Crippen LogP contribution in [-0.2, 0) is 12.5 Å². The highest BCUT2D eigenvalue weighted by Crippen LogP contribution is 2.43. The highest BCUT2D eigenvalue weighted by molar-refractivity contribution is 6.35. The number of nitrogens with zero attached hydrogens (tertiary/aromatic N) is 2. The number of halogens is 3. The van der Waals surface area contributed by atoms with E-state index < -0.39 is 18.4 Å². The smallest absolute Gasteiger partial charge is 0.291 e. The molecule has 8 heteroatoms. The van der Waals surface area contributed by atoms with Crippen LogP contribution in [0.5, 0.6) is 11.6 Å². The van der Waals surface area contributed by atoms with E-state index in [2.05, 4.69) is 4.98 Å². The Balaban J connectivity index is 2.00. The van der Waals surface area contributed by atoms with Gasteiger partial charge in [-0.1, -0.05) is 24.9 Å². The Morgan fingerprint density at radius 1 is 1.30 bits per heavy atom. The first-order valence-corrected chi connectivity index (χ1v) is 10.2. The number of hydrogen-bond donors (Lipinski definition) is 0. The summed E-state index contributed by atoms with van der Waals surface area (Å²) in [5, 5.41) is -0.109. The molecule has 0 spiro atoms. The number of amides is 1. The Morgan fingerprint density at radius 2 is 2.03 bits per heavy atom. The maximum absolute atomic E-state index is 14.9. The van der Waals surface area contributed by atoms with Crippen molar-refractivity contribution in [1.29, 1.82) is 0 Å². The van der Waals surface area contributed by atoms with Gasteiger partial charge in [-0.05, 0) is 44.0 Å². The monoisotopic (exact) mass is 438 g/mol. The lowest BCUT2D eigenvalue weighted by Gasteiger charge is -2.35. The molecule has 0 fully saturated rings. The second-order valence-electron chi connectivity index (χ2n) is 7.44. The predicted octanol–water partition coefficient (Wildman–Crippen LogP) is 5.29. The van der Waals surface area contributed by atoms with Crippen LogP contribution >= 0.6 is 11.6 Å². The molecule has 0 unspecified atom stereocenters. The van der Waals surface area contributed by atoms with Crippen LogP contribution in [-0.4, -0.2) is 36.1 Å². The van der Waals surface area contributed by atoms with Crippen molar-refractivity contribution >= 4 is 17.5 Å². The van der Waals surface area contributed by atoms with Crippen LogP contribution in [0.4, 0.5) is 8.78 Å². The van der Waals surface area contributed by atoms with E-state index in [1.54, 1.807) is 0 Å². The fourth-order valence-corrected chi connectivity index (χ4v) is 3.88. The van der Waals surface area contributed by atoms with Gasteiger partial charge in [0.05, 0.1) is 37.4 Å². The standard InChI is InChI=1S/C22H25ClF2N2O3/c1-5-6-9-30-20-15(13(2)10-14(3)26-20)11-27-12-22(24,25)16-7-8-17(29-4)19(23)18(16)21(27)28/h7-8,10H,5-6,9,11-12H2,1-4H3. The number of carbonyl (C=O) groups is 1. The third-order valence-electron chi connectivity index (χ3n) is 5.13. The lowest BCUT2D eigenvalue weighted by Crippen LogP contribution is -2.45. The highest BCUT2D eigenvalue weighted by atomic mass is 35.5. The maximum Gasteiger partial charge on any atom is 0.291 e. The van der Waals surface area contributed by atoms with E-state index in [1.807, 2.05) is 26.8 Å². The van der Waals surface area contributed by atoms with Crippen LogP contribution in [0.2, 0.25) is 5.02 Å². The summed E-state index contributed by atoms with van der Waals surface area (Å²) in [5.41, 5.74) is 1.60. The molecule has 0 bridgehead atoms. The van der Waals surface area contributed by atoms with Gasteiger partial charge in [-0.2, -0.15) is 8.78 Å². The quantitative estimate of drug-likeness (QED) is 0.551. The van der Waals surface area contributed by atoms with Gasteiger partial charge < -0.3 is 14.4 Å². The molecule has 1 aromatic carbocycles. The summed E-state index contributed by atoms with van der Waals surface area (Å²) in [4.78, 5) is 18.7. The van der Waals surface area contributed by atoms with Crippen molar-refractivity contribution in [1.82, 2.24) is 9.88 Å². The first-order valence-electron chi connectivity index (χ1n) is 9.83. The molecule has 162 valence electrons. The number of fused-ring (bicyclic) bond motifs is 1. The van der Waals surface area contributed by atoms with Gasteiger partial charge in [0.25, 0.3) is 11.8 Å². The zero-order chi connectivity index (χ0) is 22.1. The average molecular weight is 439 g/mol. The number of benzene rings is 1. The number of carbonyl (C=O) groups excluding carboxylic acids is 1. The van der Waals surface area contributed by atoms with E-state index in [0.717, 1.165) is 29.0 Å². The second kappa shape index (κ2) is 8.76. The molecule has 1 aliphatic rings. The number of rotatable bonds is 7. The van der Waals surface area contributed by atoms with Gasteiger partial charge in [-0.15, -0.1) is 0 Å². The molecule has 1 aliphatic heterocycles. The molecule has 2 aromatic rings. The van der Waals surface area contributed by atoms with Crippen molar-refractivity contribution in [2.45, 2.75) is 46.1 Å². The van der Waals surface area contributed by atoms with Crippen LogP contribution in [0.3, 0.4) is 0 Å². The van der Waals surface area contributed by atoms with Gasteiger partial charge in [-0.3, -0.25) is 4.79 Å². The third kappa shape index (κ3) is 4.21. The zero-order valence-electron chi connectivity index (χ0n) is 17.5. The number of pyridine rings is 1.